The average Bonchev–Trinajstić information content (AvgIpc) is 2.40. The molecule has 0 radical (unpaired) electrons. The van der Waals surface area contributed by atoms with Gasteiger partial charge in [-0.2, -0.15) is 0 Å². The van der Waals surface area contributed by atoms with Crippen molar-refractivity contribution in [3.63, 3.8) is 0 Å². The summed E-state index contributed by atoms with van der Waals surface area (Å²) >= 11 is 1.50. The molecule has 2 nitrogen and oxygen atoms in total. The van der Waals surface area contributed by atoms with Crippen LogP contribution in [0.25, 0.3) is 0 Å². The summed E-state index contributed by atoms with van der Waals surface area (Å²) < 4.78 is 21.3. The standard InChI is InChI=1S/C7H10O2S2/c1-2-7(11(8)9)6-4-3-5-10-6/h3-5,7,11H,2H2,1H3. The van der Waals surface area contributed by atoms with Crippen LogP contribution in [0.15, 0.2) is 17.5 Å². The van der Waals surface area contributed by atoms with Gasteiger partial charge >= 0.3 is 0 Å². The Morgan fingerprint density at radius 2 is 2.36 bits per heavy atom. The van der Waals surface area contributed by atoms with Gasteiger partial charge in [-0.1, -0.05) is 13.0 Å². The molecule has 1 unspecified atom stereocenters. The van der Waals surface area contributed by atoms with Crippen molar-refractivity contribution in [3.8, 4) is 0 Å². The number of rotatable bonds is 3. The summed E-state index contributed by atoms with van der Waals surface area (Å²) in [5, 5.41) is 1.63. The first-order chi connectivity index (χ1) is 5.25. The fraction of sp³-hybridized carbons (Fsp3) is 0.429. The van der Waals surface area contributed by atoms with E-state index in [0.29, 0.717) is 6.42 Å². The monoisotopic (exact) mass is 190 g/mol. The molecule has 1 atom stereocenters. The van der Waals surface area contributed by atoms with Crippen molar-refractivity contribution in [2.24, 2.45) is 0 Å². The van der Waals surface area contributed by atoms with E-state index in [-0.39, 0.29) is 5.25 Å². The molecule has 0 aromatic carbocycles. The Morgan fingerprint density at radius 3 is 2.73 bits per heavy atom. The highest BCUT2D eigenvalue weighted by molar-refractivity contribution is 7.73. The summed E-state index contributed by atoms with van der Waals surface area (Å²) in [6, 6.07) is 3.74. The van der Waals surface area contributed by atoms with Gasteiger partial charge in [0.2, 0.25) is 0 Å². The molecular formula is C7H10O2S2. The van der Waals surface area contributed by atoms with Crippen molar-refractivity contribution in [2.45, 2.75) is 18.6 Å². The first-order valence-electron chi connectivity index (χ1n) is 3.42. The molecular weight excluding hydrogens is 180 g/mol. The Labute approximate surface area is 71.8 Å². The quantitative estimate of drug-likeness (QED) is 0.738. The number of thiophene rings is 1. The van der Waals surface area contributed by atoms with Gasteiger partial charge in [0, 0.05) is 4.88 Å². The van der Waals surface area contributed by atoms with Crippen molar-refractivity contribution in [1.29, 1.82) is 0 Å². The zero-order chi connectivity index (χ0) is 8.27. The molecule has 0 aliphatic carbocycles. The van der Waals surface area contributed by atoms with E-state index in [1.807, 2.05) is 24.4 Å². The molecule has 1 aromatic rings. The van der Waals surface area contributed by atoms with Crippen LogP contribution in [0.3, 0.4) is 0 Å². The molecule has 0 aliphatic heterocycles. The lowest BCUT2D eigenvalue weighted by atomic mass is 10.3. The molecule has 4 heteroatoms. The van der Waals surface area contributed by atoms with Gasteiger partial charge in [-0.3, -0.25) is 0 Å². The molecule has 0 amide bonds. The average molecular weight is 190 g/mol. The van der Waals surface area contributed by atoms with E-state index in [1.54, 1.807) is 0 Å². The zero-order valence-electron chi connectivity index (χ0n) is 6.19. The van der Waals surface area contributed by atoms with Crippen molar-refractivity contribution in [1.82, 2.24) is 0 Å². The molecule has 0 N–H and O–H groups in total. The Hall–Kier alpha value is -0.350. The van der Waals surface area contributed by atoms with Gasteiger partial charge < -0.3 is 0 Å². The van der Waals surface area contributed by atoms with Gasteiger partial charge in [0.1, 0.15) is 10.7 Å². The van der Waals surface area contributed by atoms with Crippen LogP contribution >= 0.6 is 11.3 Å². The number of thiol groups is 1. The van der Waals surface area contributed by atoms with Crippen molar-refractivity contribution in [2.75, 3.05) is 0 Å². The maximum atomic E-state index is 10.7. The van der Waals surface area contributed by atoms with Gasteiger partial charge in [0.25, 0.3) is 0 Å². The van der Waals surface area contributed by atoms with Gasteiger partial charge in [-0.15, -0.1) is 11.3 Å². The molecule has 1 heterocycles. The Balaban J connectivity index is 2.88. The predicted octanol–water partition coefficient (Wildman–Crippen LogP) is 1.81. The molecule has 62 valence electrons. The van der Waals surface area contributed by atoms with Gasteiger partial charge in [-0.05, 0) is 17.9 Å². The van der Waals surface area contributed by atoms with Crippen molar-refractivity contribution in [3.05, 3.63) is 22.4 Å². The maximum absolute atomic E-state index is 10.7. The summed E-state index contributed by atoms with van der Waals surface area (Å²) in [7, 11) is -2.30. The van der Waals surface area contributed by atoms with E-state index in [4.69, 9.17) is 0 Å². The minimum atomic E-state index is -2.30. The Kier molecular flexibility index (Phi) is 3.08. The highest BCUT2D eigenvalue weighted by atomic mass is 32.2. The topological polar surface area (TPSA) is 34.1 Å². The zero-order valence-corrected chi connectivity index (χ0v) is 7.90. The maximum Gasteiger partial charge on any atom is 0.147 e. The van der Waals surface area contributed by atoms with Crippen LogP contribution in [0.4, 0.5) is 0 Å². The molecule has 1 rings (SSSR count). The largest absolute Gasteiger partial charge is 0.231 e. The normalized spacial score (nSPS) is 13.6. The van der Waals surface area contributed by atoms with E-state index in [0.717, 1.165) is 4.88 Å². The predicted molar refractivity (Wildman–Crippen MR) is 47.7 cm³/mol. The lowest BCUT2D eigenvalue weighted by molar-refractivity contribution is 0.600. The molecule has 0 saturated heterocycles. The third-order valence-corrected chi connectivity index (χ3v) is 3.83. The highest BCUT2D eigenvalue weighted by Gasteiger charge is 2.11. The van der Waals surface area contributed by atoms with E-state index in [2.05, 4.69) is 0 Å². The van der Waals surface area contributed by atoms with Gasteiger partial charge in [0.15, 0.2) is 0 Å². The van der Waals surface area contributed by atoms with Crippen LogP contribution in [0.1, 0.15) is 23.5 Å². The molecule has 0 saturated carbocycles. The summed E-state index contributed by atoms with van der Waals surface area (Å²) in [6.45, 7) is 1.88. The van der Waals surface area contributed by atoms with Crippen LogP contribution in [-0.2, 0) is 10.7 Å². The van der Waals surface area contributed by atoms with Crippen LogP contribution in [-0.4, -0.2) is 8.42 Å². The van der Waals surface area contributed by atoms with Crippen molar-refractivity contribution >= 4 is 22.0 Å². The van der Waals surface area contributed by atoms with E-state index in [1.165, 1.54) is 11.3 Å². The van der Waals surface area contributed by atoms with Gasteiger partial charge in [0.05, 0.1) is 5.25 Å². The third kappa shape index (κ3) is 2.04. The number of hydrogen-bond donors (Lipinski definition) is 1. The lowest BCUT2D eigenvalue weighted by Gasteiger charge is -2.01. The fourth-order valence-electron chi connectivity index (χ4n) is 0.935. The third-order valence-electron chi connectivity index (χ3n) is 1.51. The molecule has 0 spiro atoms. The minimum absolute atomic E-state index is 0.273. The van der Waals surface area contributed by atoms with Gasteiger partial charge in [-0.25, -0.2) is 8.42 Å². The van der Waals surface area contributed by atoms with E-state index in [9.17, 15) is 8.42 Å². The summed E-state index contributed by atoms with van der Waals surface area (Å²) in [6.07, 6.45) is 0.666. The summed E-state index contributed by atoms with van der Waals surface area (Å²) in [5.41, 5.74) is 0. The smallest absolute Gasteiger partial charge is 0.147 e. The molecule has 0 bridgehead atoms. The molecule has 0 aliphatic rings. The fourth-order valence-corrected chi connectivity index (χ4v) is 2.76. The first kappa shape index (κ1) is 8.74. The summed E-state index contributed by atoms with van der Waals surface area (Å²) in [4.78, 5) is 0.948. The molecule has 1 aromatic heterocycles. The Bertz CT molecular complexity index is 267. The van der Waals surface area contributed by atoms with E-state index >= 15 is 0 Å². The lowest BCUT2D eigenvalue weighted by Crippen LogP contribution is -1.95. The highest BCUT2D eigenvalue weighted by Crippen LogP contribution is 2.24. The van der Waals surface area contributed by atoms with Crippen LogP contribution < -0.4 is 0 Å². The summed E-state index contributed by atoms with van der Waals surface area (Å²) in [5.74, 6) is 0. The second-order valence-corrected chi connectivity index (χ2v) is 4.40. The number of hydrogen-bond acceptors (Lipinski definition) is 3. The van der Waals surface area contributed by atoms with Crippen LogP contribution in [0.2, 0.25) is 0 Å². The molecule has 11 heavy (non-hydrogen) atoms. The van der Waals surface area contributed by atoms with Crippen LogP contribution in [0.5, 0.6) is 0 Å². The second-order valence-electron chi connectivity index (χ2n) is 2.22. The van der Waals surface area contributed by atoms with E-state index < -0.39 is 10.7 Å². The first-order valence-corrected chi connectivity index (χ1v) is 5.55. The second kappa shape index (κ2) is 3.88. The minimum Gasteiger partial charge on any atom is -0.231 e. The molecule has 0 fully saturated rings. The SMILES string of the molecule is CCC(c1cccs1)[SH](=O)=O. The van der Waals surface area contributed by atoms with Crippen molar-refractivity contribution < 1.29 is 8.42 Å². The van der Waals surface area contributed by atoms with Crippen LogP contribution in [0, 0.1) is 0 Å². The Morgan fingerprint density at radius 1 is 1.64 bits per heavy atom.